The maximum absolute atomic E-state index is 10.6. The Bertz CT molecular complexity index is 546. The first kappa shape index (κ1) is 10.4. The molecule has 0 saturated carbocycles. The quantitative estimate of drug-likeness (QED) is 0.574. The summed E-state index contributed by atoms with van der Waals surface area (Å²) in [6.45, 7) is 3.57. The third-order valence-electron chi connectivity index (χ3n) is 2.32. The summed E-state index contributed by atoms with van der Waals surface area (Å²) < 4.78 is 5.11. The Balaban J connectivity index is 2.47. The van der Waals surface area contributed by atoms with Gasteiger partial charge in [-0.1, -0.05) is 0 Å². The molecule has 0 N–H and O–H groups in total. The van der Waals surface area contributed by atoms with E-state index in [2.05, 4.69) is 4.98 Å². The van der Waals surface area contributed by atoms with E-state index in [0.29, 0.717) is 11.6 Å². The van der Waals surface area contributed by atoms with Crippen molar-refractivity contribution >= 4 is 5.69 Å². The largest absolute Gasteiger partial charge is 0.449 e. The second kappa shape index (κ2) is 3.77. The van der Waals surface area contributed by atoms with Crippen molar-refractivity contribution in [1.29, 1.82) is 0 Å². The van der Waals surface area contributed by atoms with Crippen LogP contribution in [0.3, 0.4) is 0 Å². The van der Waals surface area contributed by atoms with Crippen LogP contribution < -0.4 is 0 Å². The zero-order valence-corrected chi connectivity index (χ0v) is 8.93. The van der Waals surface area contributed by atoms with E-state index < -0.39 is 4.92 Å². The van der Waals surface area contributed by atoms with Crippen molar-refractivity contribution in [2.45, 2.75) is 13.8 Å². The minimum absolute atomic E-state index is 0.0847. The second-order valence-corrected chi connectivity index (χ2v) is 3.51. The van der Waals surface area contributed by atoms with Crippen molar-refractivity contribution in [3.63, 3.8) is 0 Å². The molecule has 2 aromatic rings. The summed E-state index contributed by atoms with van der Waals surface area (Å²) in [6.07, 6.45) is 1.55. The molecule has 0 saturated heterocycles. The number of rotatable bonds is 2. The molecule has 1 aromatic heterocycles. The van der Waals surface area contributed by atoms with Crippen molar-refractivity contribution < 1.29 is 9.34 Å². The lowest BCUT2D eigenvalue weighted by Crippen LogP contribution is -1.90. The van der Waals surface area contributed by atoms with Crippen LogP contribution in [0.4, 0.5) is 5.69 Å². The molecule has 5 nitrogen and oxygen atoms in total. The molecule has 1 heterocycles. The van der Waals surface area contributed by atoms with Crippen LogP contribution in [0.1, 0.15) is 11.5 Å². The molecule has 0 aliphatic carbocycles. The number of aromatic nitrogens is 1. The molecule has 1 aromatic carbocycles. The first-order valence-corrected chi connectivity index (χ1v) is 4.75. The number of aryl methyl sites for hydroxylation is 2. The fourth-order valence-electron chi connectivity index (χ4n) is 1.54. The first-order valence-electron chi connectivity index (χ1n) is 4.75. The first-order chi connectivity index (χ1) is 7.58. The smallest absolute Gasteiger partial charge is 0.269 e. The summed E-state index contributed by atoms with van der Waals surface area (Å²) in [5.74, 6) is 0.577. The molecule has 0 bridgehead atoms. The molecular weight excluding hydrogens is 208 g/mol. The number of hydrogen-bond donors (Lipinski definition) is 0. The molecule has 0 unspecified atom stereocenters. The van der Waals surface area contributed by atoms with Gasteiger partial charge in [-0.15, -0.1) is 0 Å². The molecule has 0 spiro atoms. The average molecular weight is 218 g/mol. The van der Waals surface area contributed by atoms with Crippen molar-refractivity contribution in [3.05, 3.63) is 46.0 Å². The predicted octanol–water partition coefficient (Wildman–Crippen LogP) is 2.87. The lowest BCUT2D eigenvalue weighted by Gasteiger charge is -2.00. The van der Waals surface area contributed by atoms with Gasteiger partial charge in [0.25, 0.3) is 5.69 Å². The van der Waals surface area contributed by atoms with Gasteiger partial charge in [-0.3, -0.25) is 10.1 Å². The average Bonchev–Trinajstić information content (AvgIpc) is 2.64. The van der Waals surface area contributed by atoms with Gasteiger partial charge in [0.05, 0.1) is 4.92 Å². The van der Waals surface area contributed by atoms with Crippen molar-refractivity contribution in [3.8, 4) is 11.3 Å². The van der Waals surface area contributed by atoms with E-state index in [9.17, 15) is 10.1 Å². The Labute approximate surface area is 91.9 Å². The SMILES string of the molecule is Cc1nc(-c2ccc([N+](=O)[O-])cc2C)co1. The van der Waals surface area contributed by atoms with E-state index in [1.54, 1.807) is 19.3 Å². The van der Waals surface area contributed by atoms with Crippen LogP contribution in [-0.2, 0) is 0 Å². The third kappa shape index (κ3) is 1.79. The summed E-state index contributed by atoms with van der Waals surface area (Å²) in [5, 5.41) is 10.6. The van der Waals surface area contributed by atoms with Crippen LogP contribution in [0.15, 0.2) is 28.9 Å². The highest BCUT2D eigenvalue weighted by molar-refractivity contribution is 5.64. The number of hydrogen-bond acceptors (Lipinski definition) is 4. The molecule has 2 rings (SSSR count). The Morgan fingerprint density at radius 3 is 2.62 bits per heavy atom. The molecule has 0 aliphatic heterocycles. The van der Waals surface area contributed by atoms with E-state index in [1.807, 2.05) is 6.92 Å². The topological polar surface area (TPSA) is 69.2 Å². The molecule has 16 heavy (non-hydrogen) atoms. The van der Waals surface area contributed by atoms with E-state index in [1.165, 1.54) is 12.1 Å². The van der Waals surface area contributed by atoms with Gasteiger partial charge in [-0.2, -0.15) is 0 Å². The minimum atomic E-state index is -0.412. The lowest BCUT2D eigenvalue weighted by molar-refractivity contribution is -0.384. The number of benzene rings is 1. The predicted molar refractivity (Wildman–Crippen MR) is 58.1 cm³/mol. The molecule has 0 amide bonds. The molecule has 0 fully saturated rings. The highest BCUT2D eigenvalue weighted by Gasteiger charge is 2.11. The van der Waals surface area contributed by atoms with Crippen molar-refractivity contribution in [1.82, 2.24) is 4.98 Å². The second-order valence-electron chi connectivity index (χ2n) is 3.51. The van der Waals surface area contributed by atoms with Crippen LogP contribution in [0.25, 0.3) is 11.3 Å². The van der Waals surface area contributed by atoms with E-state index >= 15 is 0 Å². The maximum atomic E-state index is 10.6. The summed E-state index contributed by atoms with van der Waals surface area (Å²) in [6, 6.07) is 4.68. The van der Waals surface area contributed by atoms with Crippen LogP contribution in [-0.4, -0.2) is 9.91 Å². The van der Waals surface area contributed by atoms with E-state index in [4.69, 9.17) is 4.42 Å². The van der Waals surface area contributed by atoms with Gasteiger partial charge < -0.3 is 4.42 Å². The van der Waals surface area contributed by atoms with Gasteiger partial charge in [-0.05, 0) is 18.6 Å². The molecule has 0 aliphatic rings. The summed E-state index contributed by atoms with van der Waals surface area (Å²) >= 11 is 0. The molecule has 0 atom stereocenters. The summed E-state index contributed by atoms with van der Waals surface area (Å²) in [4.78, 5) is 14.3. The Kier molecular flexibility index (Phi) is 2.44. The van der Waals surface area contributed by atoms with Crippen molar-refractivity contribution in [2.24, 2.45) is 0 Å². The summed E-state index contributed by atoms with van der Waals surface area (Å²) in [5.41, 5.74) is 2.44. The van der Waals surface area contributed by atoms with Gasteiger partial charge in [0.15, 0.2) is 5.89 Å². The van der Waals surface area contributed by atoms with Gasteiger partial charge in [-0.25, -0.2) is 4.98 Å². The molecular formula is C11H10N2O3. The van der Waals surface area contributed by atoms with Gasteiger partial charge in [0.1, 0.15) is 12.0 Å². The number of non-ortho nitro benzene ring substituents is 1. The monoisotopic (exact) mass is 218 g/mol. The molecule has 82 valence electrons. The Hall–Kier alpha value is -2.17. The van der Waals surface area contributed by atoms with Crippen molar-refractivity contribution in [2.75, 3.05) is 0 Å². The summed E-state index contributed by atoms with van der Waals surface area (Å²) in [7, 11) is 0. The van der Waals surface area contributed by atoms with Gasteiger partial charge in [0.2, 0.25) is 0 Å². The molecule has 0 radical (unpaired) electrons. The maximum Gasteiger partial charge on any atom is 0.269 e. The Morgan fingerprint density at radius 2 is 2.12 bits per heavy atom. The normalized spacial score (nSPS) is 10.4. The van der Waals surface area contributed by atoms with Gasteiger partial charge in [0, 0.05) is 24.6 Å². The minimum Gasteiger partial charge on any atom is -0.449 e. The van der Waals surface area contributed by atoms with E-state index in [-0.39, 0.29) is 5.69 Å². The number of nitro groups is 1. The fraction of sp³-hybridized carbons (Fsp3) is 0.182. The number of oxazole rings is 1. The Morgan fingerprint density at radius 1 is 1.38 bits per heavy atom. The zero-order valence-electron chi connectivity index (χ0n) is 8.93. The van der Waals surface area contributed by atoms with Gasteiger partial charge >= 0.3 is 0 Å². The van der Waals surface area contributed by atoms with E-state index in [0.717, 1.165) is 11.1 Å². The number of nitrogens with zero attached hydrogens (tertiary/aromatic N) is 2. The highest BCUT2D eigenvalue weighted by Crippen LogP contribution is 2.25. The van der Waals surface area contributed by atoms with Crippen LogP contribution >= 0.6 is 0 Å². The standard InChI is InChI=1S/C11H10N2O3/c1-7-5-9(13(14)15)3-4-10(7)11-6-16-8(2)12-11/h3-6H,1-2H3. The molecule has 5 heteroatoms. The number of nitro benzene ring substituents is 1. The lowest BCUT2D eigenvalue weighted by atomic mass is 10.1. The van der Waals surface area contributed by atoms with Crippen LogP contribution in [0.2, 0.25) is 0 Å². The third-order valence-corrected chi connectivity index (χ3v) is 2.32. The van der Waals surface area contributed by atoms with Crippen LogP contribution in [0.5, 0.6) is 0 Å². The fourth-order valence-corrected chi connectivity index (χ4v) is 1.54. The van der Waals surface area contributed by atoms with Crippen LogP contribution in [0, 0.1) is 24.0 Å². The highest BCUT2D eigenvalue weighted by atomic mass is 16.6. The zero-order chi connectivity index (χ0) is 11.7.